The van der Waals surface area contributed by atoms with Crippen molar-refractivity contribution in [2.45, 2.75) is 50.0 Å². The Labute approximate surface area is 199 Å². The number of aliphatic hydroxyl groups is 1. The van der Waals surface area contributed by atoms with Gasteiger partial charge in [0, 0.05) is 31.9 Å². The summed E-state index contributed by atoms with van der Waals surface area (Å²) in [7, 11) is 1.91. The highest BCUT2D eigenvalue weighted by Gasteiger charge is 2.40. The molecule has 3 amide bonds. The number of ether oxygens (including phenoxy) is 2. The number of hydrogen-bond donors (Lipinski definition) is 3. The number of hydrogen-bond acceptors (Lipinski definition) is 6. The van der Waals surface area contributed by atoms with Crippen LogP contribution >= 0.6 is 0 Å². The SMILES string of the molecule is Cn1cnc(CCNC(=O)C[C@H]2CC[C@@H]3[C@H](COC[C@H](O)CN3C(=O)Nc3ccccc3)O2)c1. The first kappa shape index (κ1) is 24.2. The van der Waals surface area contributed by atoms with Crippen LogP contribution in [0.4, 0.5) is 10.5 Å². The minimum Gasteiger partial charge on any atom is -0.389 e. The summed E-state index contributed by atoms with van der Waals surface area (Å²) in [4.78, 5) is 31.4. The van der Waals surface area contributed by atoms with Crippen molar-refractivity contribution in [1.82, 2.24) is 19.8 Å². The molecule has 4 rings (SSSR count). The predicted octanol–water partition coefficient (Wildman–Crippen LogP) is 1.31. The molecule has 34 heavy (non-hydrogen) atoms. The van der Waals surface area contributed by atoms with Crippen LogP contribution in [0.25, 0.3) is 0 Å². The molecule has 0 saturated carbocycles. The van der Waals surface area contributed by atoms with E-state index in [9.17, 15) is 14.7 Å². The molecular weight excluding hydrogens is 438 g/mol. The zero-order valence-electron chi connectivity index (χ0n) is 19.4. The number of anilines is 1. The van der Waals surface area contributed by atoms with Gasteiger partial charge in [0.25, 0.3) is 0 Å². The number of β-amino-alcohol motifs (C(OH)–C–C–N with tert-alkyl or cyclic N) is 1. The molecule has 10 nitrogen and oxygen atoms in total. The van der Waals surface area contributed by atoms with Crippen molar-refractivity contribution < 1.29 is 24.2 Å². The van der Waals surface area contributed by atoms with E-state index in [0.717, 1.165) is 5.69 Å². The Kier molecular flexibility index (Phi) is 8.15. The first-order valence-electron chi connectivity index (χ1n) is 11.8. The summed E-state index contributed by atoms with van der Waals surface area (Å²) in [5, 5.41) is 16.1. The minimum absolute atomic E-state index is 0.0692. The summed E-state index contributed by atoms with van der Waals surface area (Å²) in [5.41, 5.74) is 1.62. The molecule has 0 aliphatic carbocycles. The van der Waals surface area contributed by atoms with Gasteiger partial charge in [-0.15, -0.1) is 0 Å². The third-order valence-corrected chi connectivity index (χ3v) is 6.14. The van der Waals surface area contributed by atoms with E-state index in [-0.39, 0.29) is 56.4 Å². The monoisotopic (exact) mass is 471 g/mol. The smallest absolute Gasteiger partial charge is 0.322 e. The Morgan fingerprint density at radius 3 is 2.79 bits per heavy atom. The second-order valence-corrected chi connectivity index (χ2v) is 8.92. The van der Waals surface area contributed by atoms with Gasteiger partial charge in [0.2, 0.25) is 5.91 Å². The lowest BCUT2D eigenvalue weighted by molar-refractivity contribution is -0.149. The van der Waals surface area contributed by atoms with E-state index in [4.69, 9.17) is 9.47 Å². The van der Waals surface area contributed by atoms with E-state index in [1.54, 1.807) is 11.2 Å². The lowest BCUT2D eigenvalue weighted by atomic mass is 9.95. The van der Waals surface area contributed by atoms with Gasteiger partial charge in [0.1, 0.15) is 6.10 Å². The van der Waals surface area contributed by atoms with Gasteiger partial charge < -0.3 is 34.7 Å². The number of benzene rings is 1. The molecule has 1 aromatic carbocycles. The van der Waals surface area contributed by atoms with Crippen molar-refractivity contribution in [3.05, 3.63) is 48.5 Å². The highest BCUT2D eigenvalue weighted by molar-refractivity contribution is 5.89. The quantitative estimate of drug-likeness (QED) is 0.585. The van der Waals surface area contributed by atoms with E-state index < -0.39 is 6.10 Å². The summed E-state index contributed by atoms with van der Waals surface area (Å²) in [5.74, 6) is -0.0692. The minimum atomic E-state index is -0.773. The maximum absolute atomic E-state index is 13.1. The highest BCUT2D eigenvalue weighted by Crippen LogP contribution is 2.28. The number of carbonyl (C=O) groups excluding carboxylic acids is 2. The second kappa shape index (κ2) is 11.5. The molecule has 3 heterocycles. The van der Waals surface area contributed by atoms with Crippen LogP contribution in [0.5, 0.6) is 0 Å². The van der Waals surface area contributed by atoms with E-state index >= 15 is 0 Å². The van der Waals surface area contributed by atoms with Crippen LogP contribution in [0.2, 0.25) is 0 Å². The third-order valence-electron chi connectivity index (χ3n) is 6.14. The Morgan fingerprint density at radius 2 is 2.03 bits per heavy atom. The fraction of sp³-hybridized carbons (Fsp3) is 0.542. The number of urea groups is 1. The Hall–Kier alpha value is -2.95. The molecule has 184 valence electrons. The molecule has 2 aromatic rings. The molecule has 2 aliphatic heterocycles. The molecular formula is C24H33N5O5. The molecule has 10 heteroatoms. The fourth-order valence-electron chi connectivity index (χ4n) is 4.50. The molecule has 2 aliphatic rings. The maximum Gasteiger partial charge on any atom is 0.322 e. The Morgan fingerprint density at radius 1 is 1.21 bits per heavy atom. The van der Waals surface area contributed by atoms with E-state index in [1.165, 1.54) is 0 Å². The number of carbonyl (C=O) groups is 2. The van der Waals surface area contributed by atoms with Crippen LogP contribution in [-0.4, -0.2) is 82.2 Å². The second-order valence-electron chi connectivity index (χ2n) is 8.92. The van der Waals surface area contributed by atoms with Gasteiger partial charge in [0.05, 0.1) is 56.5 Å². The predicted molar refractivity (Wildman–Crippen MR) is 125 cm³/mol. The zero-order valence-corrected chi connectivity index (χ0v) is 19.4. The van der Waals surface area contributed by atoms with E-state index in [0.29, 0.717) is 31.5 Å². The average molecular weight is 472 g/mol. The number of para-hydroxylation sites is 1. The van der Waals surface area contributed by atoms with Crippen LogP contribution in [0, 0.1) is 0 Å². The van der Waals surface area contributed by atoms with Crippen molar-refractivity contribution >= 4 is 17.6 Å². The maximum atomic E-state index is 13.1. The first-order chi connectivity index (χ1) is 16.5. The molecule has 0 unspecified atom stereocenters. The average Bonchev–Trinajstić information content (AvgIpc) is 3.22. The molecule has 2 saturated heterocycles. The fourth-order valence-corrected chi connectivity index (χ4v) is 4.50. The third kappa shape index (κ3) is 6.55. The van der Waals surface area contributed by atoms with Crippen molar-refractivity contribution in [2.75, 3.05) is 31.6 Å². The van der Waals surface area contributed by atoms with Gasteiger partial charge >= 0.3 is 6.03 Å². The molecule has 0 radical (unpaired) electrons. The number of aryl methyl sites for hydroxylation is 1. The van der Waals surface area contributed by atoms with Crippen molar-refractivity contribution in [3.8, 4) is 0 Å². The number of amides is 3. The van der Waals surface area contributed by atoms with Crippen LogP contribution in [0.1, 0.15) is 25.0 Å². The topological polar surface area (TPSA) is 118 Å². The van der Waals surface area contributed by atoms with Gasteiger partial charge in [-0.3, -0.25) is 4.79 Å². The number of nitrogens with one attached hydrogen (secondary N) is 2. The number of aromatic nitrogens is 2. The molecule has 0 spiro atoms. The van der Waals surface area contributed by atoms with E-state index in [2.05, 4.69) is 15.6 Å². The van der Waals surface area contributed by atoms with Gasteiger partial charge in [-0.1, -0.05) is 18.2 Å². The number of nitrogens with zero attached hydrogens (tertiary/aromatic N) is 3. The molecule has 2 fully saturated rings. The molecule has 3 N–H and O–H groups in total. The number of rotatable bonds is 6. The first-order valence-corrected chi connectivity index (χ1v) is 11.8. The number of fused-ring (bicyclic) bond motifs is 1. The molecule has 1 aromatic heterocycles. The molecule has 4 atom stereocenters. The van der Waals surface area contributed by atoms with Gasteiger partial charge in [0.15, 0.2) is 0 Å². The largest absolute Gasteiger partial charge is 0.389 e. The lowest BCUT2D eigenvalue weighted by Crippen LogP contribution is -2.58. The van der Waals surface area contributed by atoms with Crippen molar-refractivity contribution in [3.63, 3.8) is 0 Å². The van der Waals surface area contributed by atoms with Crippen LogP contribution < -0.4 is 10.6 Å². The van der Waals surface area contributed by atoms with Gasteiger partial charge in [-0.25, -0.2) is 9.78 Å². The van der Waals surface area contributed by atoms with Crippen LogP contribution in [0.3, 0.4) is 0 Å². The number of imidazole rings is 1. The van der Waals surface area contributed by atoms with Gasteiger partial charge in [-0.2, -0.15) is 0 Å². The highest BCUT2D eigenvalue weighted by atomic mass is 16.5. The summed E-state index contributed by atoms with van der Waals surface area (Å²) in [6, 6.07) is 8.69. The number of aliphatic hydroxyl groups excluding tert-OH is 1. The van der Waals surface area contributed by atoms with Gasteiger partial charge in [-0.05, 0) is 25.0 Å². The zero-order chi connectivity index (χ0) is 23.9. The summed E-state index contributed by atoms with van der Waals surface area (Å²) in [6.07, 6.45) is 4.51. The summed E-state index contributed by atoms with van der Waals surface area (Å²) >= 11 is 0. The van der Waals surface area contributed by atoms with Crippen LogP contribution in [-0.2, 0) is 27.7 Å². The van der Waals surface area contributed by atoms with Crippen molar-refractivity contribution in [2.24, 2.45) is 7.05 Å². The van der Waals surface area contributed by atoms with Crippen molar-refractivity contribution in [1.29, 1.82) is 0 Å². The standard InChI is InChI=1S/C24H33N5O5/c1-28-12-18(26-16-28)9-10-25-23(31)11-20-7-8-21-22(34-20)15-33-14-19(30)13-29(21)24(32)27-17-5-3-2-4-6-17/h2-6,12,16,19-22,30H,7-11,13-15H2,1H3,(H,25,31)(H,27,32)/t19-,20-,21-,22+/m1/s1. The normalized spacial score (nSPS) is 25.1. The Bertz CT molecular complexity index is 952. The summed E-state index contributed by atoms with van der Waals surface area (Å²) in [6.45, 7) is 1.06. The molecule has 0 bridgehead atoms. The summed E-state index contributed by atoms with van der Waals surface area (Å²) < 4.78 is 13.7. The van der Waals surface area contributed by atoms with E-state index in [1.807, 2.05) is 48.1 Å². The van der Waals surface area contributed by atoms with Crippen LogP contribution in [0.15, 0.2) is 42.9 Å². The lowest BCUT2D eigenvalue weighted by Gasteiger charge is -2.44. The Balaban J connectivity index is 1.31.